The van der Waals surface area contributed by atoms with Gasteiger partial charge in [-0.2, -0.15) is 0 Å². The van der Waals surface area contributed by atoms with Crippen molar-refractivity contribution in [1.82, 2.24) is 0 Å². The minimum Gasteiger partial charge on any atom is -0.481 e. The summed E-state index contributed by atoms with van der Waals surface area (Å²) in [4.78, 5) is 33.2. The van der Waals surface area contributed by atoms with Gasteiger partial charge in [-0.15, -0.1) is 0 Å². The van der Waals surface area contributed by atoms with Gasteiger partial charge >= 0.3 is 17.9 Å². The van der Waals surface area contributed by atoms with Gasteiger partial charge in [0.25, 0.3) is 0 Å². The molecule has 0 aromatic heterocycles. The number of unbranched alkanes of at least 4 members (excludes halogenated alkanes) is 10. The molecule has 0 saturated carbocycles. The number of esters is 2. The Kier molecular flexibility index (Phi) is 17.3. The third-order valence-electron chi connectivity index (χ3n) is 4.40. The van der Waals surface area contributed by atoms with Gasteiger partial charge in [0.1, 0.15) is 0 Å². The third kappa shape index (κ3) is 18.9. The van der Waals surface area contributed by atoms with E-state index in [-0.39, 0.29) is 18.4 Å². The molecule has 0 aromatic rings. The highest BCUT2D eigenvalue weighted by atomic mass is 16.5. The van der Waals surface area contributed by atoms with E-state index < -0.39 is 5.97 Å². The van der Waals surface area contributed by atoms with Crippen molar-refractivity contribution in [3.05, 3.63) is 12.2 Å². The van der Waals surface area contributed by atoms with Crippen LogP contribution in [0.5, 0.6) is 0 Å². The highest BCUT2D eigenvalue weighted by Gasteiger charge is 2.04. The number of rotatable bonds is 19. The number of carbonyl (C=O) groups excluding carboxylic acids is 2. The van der Waals surface area contributed by atoms with E-state index in [0.717, 1.165) is 77.0 Å². The van der Waals surface area contributed by atoms with Crippen molar-refractivity contribution in [1.29, 1.82) is 0 Å². The minimum atomic E-state index is -0.732. The van der Waals surface area contributed by atoms with E-state index in [1.807, 2.05) is 0 Å². The smallest absolute Gasteiger partial charge is 0.333 e. The maximum absolute atomic E-state index is 11.6. The van der Waals surface area contributed by atoms with Gasteiger partial charge in [-0.25, -0.2) is 4.79 Å². The second-order valence-corrected chi connectivity index (χ2v) is 7.27. The summed E-state index contributed by atoms with van der Waals surface area (Å²) in [6, 6.07) is 0. The number of aliphatic carboxylic acids is 1. The predicted molar refractivity (Wildman–Crippen MR) is 109 cm³/mol. The van der Waals surface area contributed by atoms with Crippen LogP contribution in [0.25, 0.3) is 0 Å². The molecule has 0 radical (unpaired) electrons. The average Bonchev–Trinajstić information content (AvgIpc) is 2.64. The molecule has 0 aliphatic carbocycles. The molecule has 0 unspecified atom stereocenters. The van der Waals surface area contributed by atoms with E-state index in [0.29, 0.717) is 25.2 Å². The Bertz CT molecular complexity index is 458. The van der Waals surface area contributed by atoms with Crippen molar-refractivity contribution in [2.45, 2.75) is 96.8 Å². The van der Waals surface area contributed by atoms with E-state index in [2.05, 4.69) is 6.58 Å². The van der Waals surface area contributed by atoms with Gasteiger partial charge in [0.2, 0.25) is 0 Å². The number of carbonyl (C=O) groups is 3. The number of hydrogen-bond acceptors (Lipinski definition) is 5. The molecule has 0 amide bonds. The van der Waals surface area contributed by atoms with Crippen molar-refractivity contribution in [2.24, 2.45) is 0 Å². The molecule has 0 rings (SSSR count). The van der Waals surface area contributed by atoms with Gasteiger partial charge in [-0.05, 0) is 32.6 Å². The third-order valence-corrected chi connectivity index (χ3v) is 4.40. The van der Waals surface area contributed by atoms with Crippen LogP contribution in [0.4, 0.5) is 0 Å². The zero-order valence-corrected chi connectivity index (χ0v) is 17.5. The highest BCUT2D eigenvalue weighted by Crippen LogP contribution is 2.10. The van der Waals surface area contributed by atoms with Gasteiger partial charge in [0.15, 0.2) is 0 Å². The summed E-state index contributed by atoms with van der Waals surface area (Å²) in [6.07, 6.45) is 12.3. The summed E-state index contributed by atoms with van der Waals surface area (Å²) < 4.78 is 10.3. The van der Waals surface area contributed by atoms with E-state index in [1.54, 1.807) is 6.92 Å². The maximum Gasteiger partial charge on any atom is 0.333 e. The van der Waals surface area contributed by atoms with Crippen LogP contribution >= 0.6 is 0 Å². The van der Waals surface area contributed by atoms with Crippen LogP contribution in [-0.2, 0) is 23.9 Å². The Hall–Kier alpha value is -1.85. The Labute approximate surface area is 169 Å². The summed E-state index contributed by atoms with van der Waals surface area (Å²) in [5.41, 5.74) is 0.433. The predicted octanol–water partition coefficient (Wildman–Crippen LogP) is 5.19. The van der Waals surface area contributed by atoms with E-state index in [1.165, 1.54) is 0 Å². The van der Waals surface area contributed by atoms with Gasteiger partial charge in [0, 0.05) is 18.4 Å². The molecular weight excluding hydrogens is 360 g/mol. The van der Waals surface area contributed by atoms with Gasteiger partial charge < -0.3 is 14.6 Å². The lowest BCUT2D eigenvalue weighted by molar-refractivity contribution is -0.144. The molecule has 0 saturated heterocycles. The van der Waals surface area contributed by atoms with Crippen molar-refractivity contribution in [3.8, 4) is 0 Å². The van der Waals surface area contributed by atoms with Crippen molar-refractivity contribution in [3.63, 3.8) is 0 Å². The Balaban J connectivity index is 3.26. The molecular formula is C22H38O6. The lowest BCUT2D eigenvalue weighted by Crippen LogP contribution is -2.06. The molecule has 6 nitrogen and oxygen atoms in total. The molecule has 0 fully saturated rings. The second-order valence-electron chi connectivity index (χ2n) is 7.27. The normalized spacial score (nSPS) is 10.5. The molecule has 0 atom stereocenters. The SMILES string of the molecule is C=C(C)C(=O)OCCCCCCCCOC(=O)CCCCCCCCC(=O)O. The lowest BCUT2D eigenvalue weighted by atomic mass is 10.1. The second kappa shape index (κ2) is 18.5. The fraction of sp³-hybridized carbons (Fsp3) is 0.773. The van der Waals surface area contributed by atoms with Crippen LogP contribution < -0.4 is 0 Å². The number of ether oxygens (including phenoxy) is 2. The summed E-state index contributed by atoms with van der Waals surface area (Å²) in [5, 5.41) is 8.54. The zero-order valence-electron chi connectivity index (χ0n) is 17.5. The van der Waals surface area contributed by atoms with Crippen LogP contribution in [0, 0.1) is 0 Å². The molecule has 0 bridgehead atoms. The molecule has 0 aliphatic rings. The van der Waals surface area contributed by atoms with E-state index in [9.17, 15) is 14.4 Å². The van der Waals surface area contributed by atoms with Crippen LogP contribution in [0.2, 0.25) is 0 Å². The molecule has 0 aliphatic heterocycles. The number of carboxylic acids is 1. The lowest BCUT2D eigenvalue weighted by Gasteiger charge is -2.06. The molecule has 6 heteroatoms. The van der Waals surface area contributed by atoms with E-state index >= 15 is 0 Å². The summed E-state index contributed by atoms with van der Waals surface area (Å²) >= 11 is 0. The Morgan fingerprint density at radius 1 is 0.679 bits per heavy atom. The van der Waals surface area contributed by atoms with Crippen LogP contribution in [0.3, 0.4) is 0 Å². The monoisotopic (exact) mass is 398 g/mol. The molecule has 0 heterocycles. The Morgan fingerprint density at radius 3 is 1.61 bits per heavy atom. The fourth-order valence-corrected chi connectivity index (χ4v) is 2.71. The zero-order chi connectivity index (χ0) is 21.0. The topological polar surface area (TPSA) is 89.9 Å². The Morgan fingerprint density at radius 2 is 1.11 bits per heavy atom. The van der Waals surface area contributed by atoms with Crippen LogP contribution in [-0.4, -0.2) is 36.2 Å². The first-order chi connectivity index (χ1) is 13.4. The molecule has 0 aromatic carbocycles. The van der Waals surface area contributed by atoms with Crippen molar-refractivity contribution in [2.75, 3.05) is 13.2 Å². The first-order valence-corrected chi connectivity index (χ1v) is 10.6. The molecule has 1 N–H and O–H groups in total. The fourth-order valence-electron chi connectivity index (χ4n) is 2.71. The summed E-state index contributed by atoms with van der Waals surface area (Å²) in [5.74, 6) is -1.17. The highest BCUT2D eigenvalue weighted by molar-refractivity contribution is 5.86. The van der Waals surface area contributed by atoms with Crippen LogP contribution in [0.15, 0.2) is 12.2 Å². The molecule has 162 valence electrons. The molecule has 28 heavy (non-hydrogen) atoms. The first-order valence-electron chi connectivity index (χ1n) is 10.6. The summed E-state index contributed by atoms with van der Waals surface area (Å²) in [7, 11) is 0. The van der Waals surface area contributed by atoms with Gasteiger partial charge in [-0.1, -0.05) is 57.9 Å². The van der Waals surface area contributed by atoms with Crippen molar-refractivity contribution >= 4 is 17.9 Å². The van der Waals surface area contributed by atoms with E-state index in [4.69, 9.17) is 14.6 Å². The van der Waals surface area contributed by atoms with Gasteiger partial charge in [-0.3, -0.25) is 9.59 Å². The van der Waals surface area contributed by atoms with Gasteiger partial charge in [0.05, 0.1) is 13.2 Å². The number of carboxylic acid groups (broad SMARTS) is 1. The molecule has 0 spiro atoms. The van der Waals surface area contributed by atoms with Crippen LogP contribution in [0.1, 0.15) is 96.8 Å². The maximum atomic E-state index is 11.6. The largest absolute Gasteiger partial charge is 0.481 e. The first kappa shape index (κ1) is 26.1. The summed E-state index contributed by atoms with van der Waals surface area (Å²) in [6.45, 7) is 6.12. The quantitative estimate of drug-likeness (QED) is 0.183. The minimum absolute atomic E-state index is 0.120. The number of hydrogen-bond donors (Lipinski definition) is 1. The van der Waals surface area contributed by atoms with Crippen molar-refractivity contribution < 1.29 is 29.0 Å². The average molecular weight is 399 g/mol. The standard InChI is InChI=1S/C22H38O6/c1-19(2)22(26)28-18-14-10-6-5-9-13-17-27-21(25)16-12-8-4-3-7-11-15-20(23)24/h1,3-18H2,2H3,(H,23,24).